The molecule has 0 radical (unpaired) electrons. The highest BCUT2D eigenvalue weighted by Crippen LogP contribution is 2.47. The van der Waals surface area contributed by atoms with Gasteiger partial charge in [-0.2, -0.15) is 4.58 Å². The van der Waals surface area contributed by atoms with Crippen LogP contribution in [0.25, 0.3) is 0 Å². The SMILES string of the molecule is CCCCC(CC)COP(=O)(O)O[N+]1(C)CC(C)[N+](C)=C1C. The Balaban J connectivity index is 2.62. The van der Waals surface area contributed by atoms with Gasteiger partial charge in [-0.1, -0.05) is 42.4 Å². The minimum absolute atomic E-state index is 0.00278. The number of hydroxylamine groups is 3. The van der Waals surface area contributed by atoms with E-state index >= 15 is 0 Å². The monoisotopic (exact) mass is 336 g/mol. The summed E-state index contributed by atoms with van der Waals surface area (Å²) in [6.45, 7) is 9.10. The molecule has 22 heavy (non-hydrogen) atoms. The molecule has 0 fully saturated rings. The second-order valence-electron chi connectivity index (χ2n) is 6.55. The predicted octanol–water partition coefficient (Wildman–Crippen LogP) is 3.16. The van der Waals surface area contributed by atoms with Crippen LogP contribution in [0.5, 0.6) is 0 Å². The third kappa shape index (κ3) is 5.14. The maximum atomic E-state index is 12.3. The van der Waals surface area contributed by atoms with Gasteiger partial charge in [0, 0.05) is 6.92 Å². The van der Waals surface area contributed by atoms with Gasteiger partial charge in [0.1, 0.15) is 14.1 Å². The summed E-state index contributed by atoms with van der Waals surface area (Å²) >= 11 is 0. The van der Waals surface area contributed by atoms with Crippen molar-refractivity contribution in [3.05, 3.63) is 0 Å². The van der Waals surface area contributed by atoms with Crippen LogP contribution >= 0.6 is 7.82 Å². The largest absolute Gasteiger partial charge is 0.518 e. The Morgan fingerprint density at radius 2 is 2.14 bits per heavy atom. The summed E-state index contributed by atoms with van der Waals surface area (Å²) in [4.78, 5) is 10.1. The van der Waals surface area contributed by atoms with Crippen LogP contribution in [-0.4, -0.2) is 53.2 Å². The predicted molar refractivity (Wildman–Crippen MR) is 87.5 cm³/mol. The van der Waals surface area contributed by atoms with Crippen molar-refractivity contribution in [3.8, 4) is 0 Å². The van der Waals surface area contributed by atoms with Gasteiger partial charge in [-0.3, -0.25) is 9.42 Å². The van der Waals surface area contributed by atoms with E-state index in [0.29, 0.717) is 12.5 Å². The smallest absolute Gasteiger partial charge is 0.299 e. The molecule has 0 saturated carbocycles. The summed E-state index contributed by atoms with van der Waals surface area (Å²) < 4.78 is 25.1. The third-order valence-electron chi connectivity index (χ3n) is 4.77. The molecule has 1 heterocycles. The standard InChI is InChI=1S/C15H32N2O4P/c1-7-9-10-15(8-2)12-20-22(18,19)21-17(6)11-13(3)16(5)14(17)4/h13,15H,7-12H2,1-6H3/q+1/p+1. The average Bonchev–Trinajstić information content (AvgIpc) is 2.62. The molecule has 1 N–H and O–H groups in total. The van der Waals surface area contributed by atoms with Gasteiger partial charge in [0.15, 0.2) is 6.54 Å². The van der Waals surface area contributed by atoms with Crippen LogP contribution in [-0.2, 0) is 13.7 Å². The van der Waals surface area contributed by atoms with Crippen molar-refractivity contribution < 1.29 is 27.8 Å². The van der Waals surface area contributed by atoms with Crippen molar-refractivity contribution in [3.63, 3.8) is 0 Å². The Bertz CT molecular complexity index is 455. The molecule has 4 unspecified atom stereocenters. The van der Waals surface area contributed by atoms with Crippen LogP contribution < -0.4 is 0 Å². The number of unbranched alkanes of at least 4 members (excludes halogenated alkanes) is 1. The first-order valence-corrected chi connectivity index (χ1v) is 9.76. The molecule has 6 nitrogen and oxygen atoms in total. The van der Waals surface area contributed by atoms with Crippen molar-refractivity contribution in [1.82, 2.24) is 0 Å². The molecule has 1 aliphatic rings. The Morgan fingerprint density at radius 3 is 2.59 bits per heavy atom. The molecule has 0 amide bonds. The molecule has 1 rings (SSSR count). The zero-order chi connectivity index (χ0) is 17.0. The number of nitrogens with zero attached hydrogens (tertiary/aromatic N) is 2. The Hall–Kier alpha value is -0.260. The molecule has 0 bridgehead atoms. The van der Waals surface area contributed by atoms with Crippen LogP contribution in [0.4, 0.5) is 0 Å². The maximum Gasteiger partial charge on any atom is 0.518 e. The minimum atomic E-state index is -4.07. The number of hydrogen-bond donors (Lipinski definition) is 1. The fourth-order valence-corrected chi connectivity index (χ4v) is 3.94. The van der Waals surface area contributed by atoms with Gasteiger partial charge in [0.25, 0.3) is 0 Å². The highest BCUT2D eigenvalue weighted by atomic mass is 31.2. The third-order valence-corrected chi connectivity index (χ3v) is 5.81. The number of rotatable bonds is 9. The van der Waals surface area contributed by atoms with E-state index in [1.807, 2.05) is 14.0 Å². The average molecular weight is 336 g/mol. The van der Waals surface area contributed by atoms with Crippen LogP contribution in [0.15, 0.2) is 0 Å². The van der Waals surface area contributed by atoms with Crippen molar-refractivity contribution in [2.45, 2.75) is 59.4 Å². The van der Waals surface area contributed by atoms with E-state index in [2.05, 4.69) is 25.3 Å². The van der Waals surface area contributed by atoms with Gasteiger partial charge in [0.05, 0.1) is 13.5 Å². The number of hydrogen-bond acceptors (Lipinski definition) is 3. The Morgan fingerprint density at radius 1 is 1.50 bits per heavy atom. The van der Waals surface area contributed by atoms with E-state index < -0.39 is 7.82 Å². The lowest BCUT2D eigenvalue weighted by Gasteiger charge is -2.24. The second-order valence-corrected chi connectivity index (χ2v) is 7.91. The first kappa shape index (κ1) is 19.8. The van der Waals surface area contributed by atoms with Crippen LogP contribution in [0.1, 0.15) is 53.4 Å². The van der Waals surface area contributed by atoms with Crippen LogP contribution in [0.3, 0.4) is 0 Å². The Kier molecular flexibility index (Phi) is 7.21. The Labute approximate surface area is 134 Å². The maximum absolute atomic E-state index is 12.3. The minimum Gasteiger partial charge on any atom is -0.299 e. The lowest BCUT2D eigenvalue weighted by molar-refractivity contribution is -0.992. The summed E-state index contributed by atoms with van der Waals surface area (Å²) in [6, 6.07) is 0.262. The molecule has 4 atom stereocenters. The summed E-state index contributed by atoms with van der Waals surface area (Å²) in [5.41, 5.74) is 0. The molecular weight excluding hydrogens is 303 g/mol. The van der Waals surface area contributed by atoms with Gasteiger partial charge < -0.3 is 0 Å². The lowest BCUT2D eigenvalue weighted by atomic mass is 10.0. The molecule has 0 spiro atoms. The summed E-state index contributed by atoms with van der Waals surface area (Å²) in [5, 5.41) is 0. The number of phosphoric acid groups is 1. The molecule has 0 aromatic heterocycles. The first-order valence-electron chi connectivity index (χ1n) is 8.26. The van der Waals surface area contributed by atoms with E-state index in [4.69, 9.17) is 9.15 Å². The highest BCUT2D eigenvalue weighted by molar-refractivity contribution is 7.47. The van der Waals surface area contributed by atoms with Gasteiger partial charge >= 0.3 is 13.7 Å². The molecule has 0 aromatic rings. The van der Waals surface area contributed by atoms with E-state index in [9.17, 15) is 9.46 Å². The van der Waals surface area contributed by atoms with Crippen LogP contribution in [0, 0.1) is 5.92 Å². The molecule has 7 heteroatoms. The number of amidine groups is 1. The lowest BCUT2D eigenvalue weighted by Crippen LogP contribution is -2.46. The molecule has 0 aliphatic carbocycles. The van der Waals surface area contributed by atoms with Crippen molar-refractivity contribution in [2.24, 2.45) is 5.92 Å². The summed E-state index contributed by atoms with van der Waals surface area (Å²) in [6.07, 6.45) is 4.19. The number of quaternary nitrogens is 1. The van der Waals surface area contributed by atoms with Crippen molar-refractivity contribution in [2.75, 3.05) is 27.2 Å². The van der Waals surface area contributed by atoms with Gasteiger partial charge in [-0.25, -0.2) is 4.57 Å². The number of phosphoric ester groups is 1. The van der Waals surface area contributed by atoms with Crippen molar-refractivity contribution in [1.29, 1.82) is 0 Å². The summed E-state index contributed by atoms with van der Waals surface area (Å²) in [7, 11) is -0.304. The fraction of sp³-hybridized carbons (Fsp3) is 0.933. The molecule has 130 valence electrons. The molecule has 0 saturated heterocycles. The molecule has 0 aromatic carbocycles. The summed E-state index contributed by atoms with van der Waals surface area (Å²) in [5.74, 6) is 1.21. The van der Waals surface area contributed by atoms with E-state index in [0.717, 1.165) is 31.5 Å². The molecule has 1 aliphatic heterocycles. The van der Waals surface area contributed by atoms with Gasteiger partial charge in [0.2, 0.25) is 6.04 Å². The van der Waals surface area contributed by atoms with Crippen LogP contribution in [0.2, 0.25) is 0 Å². The fourth-order valence-electron chi connectivity index (χ4n) is 2.85. The normalized spacial score (nSPS) is 29.7. The van der Waals surface area contributed by atoms with Gasteiger partial charge in [-0.05, 0) is 12.3 Å². The topological polar surface area (TPSA) is 58.8 Å². The van der Waals surface area contributed by atoms with E-state index in [1.54, 1.807) is 7.05 Å². The second kappa shape index (κ2) is 8.02. The zero-order valence-electron chi connectivity index (χ0n) is 14.9. The van der Waals surface area contributed by atoms with E-state index in [1.165, 1.54) is 0 Å². The van der Waals surface area contributed by atoms with Gasteiger partial charge in [-0.15, -0.1) is 0 Å². The quantitative estimate of drug-likeness (QED) is 0.399. The zero-order valence-corrected chi connectivity index (χ0v) is 15.8. The van der Waals surface area contributed by atoms with Crippen molar-refractivity contribution >= 4 is 13.7 Å². The highest BCUT2D eigenvalue weighted by Gasteiger charge is 2.51. The number of likely N-dealkylation sites (N-methyl/N-ethyl adjacent to an activating group) is 2. The first-order chi connectivity index (χ1) is 10.1. The molecular formula is C15H33N2O4P+2. The van der Waals surface area contributed by atoms with E-state index in [-0.39, 0.29) is 17.3 Å².